The largest absolute Gasteiger partial charge is 0.433 e. The highest BCUT2D eigenvalue weighted by Crippen LogP contribution is 2.28. The second kappa shape index (κ2) is 5.08. The van der Waals surface area contributed by atoms with Crippen molar-refractivity contribution >= 4 is 5.95 Å². The minimum atomic E-state index is -4.53. The average molecular weight is 311 g/mol. The van der Waals surface area contributed by atoms with E-state index < -0.39 is 11.9 Å². The van der Waals surface area contributed by atoms with Gasteiger partial charge in [-0.1, -0.05) is 0 Å². The van der Waals surface area contributed by atoms with E-state index in [1.54, 1.807) is 11.8 Å². The van der Waals surface area contributed by atoms with E-state index >= 15 is 0 Å². The summed E-state index contributed by atoms with van der Waals surface area (Å²) in [6, 6.07) is 0.819. The van der Waals surface area contributed by atoms with Crippen molar-refractivity contribution in [3.05, 3.63) is 45.4 Å². The number of aryl methyl sites for hydroxylation is 1. The van der Waals surface area contributed by atoms with E-state index in [9.17, 15) is 18.0 Å². The minimum absolute atomic E-state index is 0.0412. The number of aromatic nitrogens is 4. The lowest BCUT2D eigenvalue weighted by molar-refractivity contribution is -0.141. The second-order valence-corrected chi connectivity index (χ2v) is 4.99. The van der Waals surface area contributed by atoms with Crippen molar-refractivity contribution in [3.8, 4) is 0 Å². The normalized spacial score (nSPS) is 14.8. The lowest BCUT2D eigenvalue weighted by Crippen LogP contribution is -2.37. The first-order chi connectivity index (χ1) is 10.3. The van der Waals surface area contributed by atoms with Gasteiger partial charge in [-0.2, -0.15) is 13.2 Å². The summed E-state index contributed by atoms with van der Waals surface area (Å²) < 4.78 is 38.1. The molecule has 0 bridgehead atoms. The molecular weight excluding hydrogens is 299 g/mol. The fraction of sp³-hybridized carbons (Fsp3) is 0.385. The molecule has 22 heavy (non-hydrogen) atoms. The number of fused-ring (bicyclic) bond motifs is 1. The van der Waals surface area contributed by atoms with Gasteiger partial charge in [0.25, 0.3) is 5.56 Å². The van der Waals surface area contributed by atoms with Gasteiger partial charge in [-0.25, -0.2) is 15.0 Å². The molecule has 0 atom stereocenters. The fourth-order valence-electron chi connectivity index (χ4n) is 2.38. The van der Waals surface area contributed by atoms with Crippen molar-refractivity contribution in [1.29, 1.82) is 0 Å². The molecule has 0 amide bonds. The van der Waals surface area contributed by atoms with Crippen LogP contribution in [-0.2, 0) is 19.1 Å². The van der Waals surface area contributed by atoms with E-state index in [1.165, 1.54) is 0 Å². The lowest BCUT2D eigenvalue weighted by atomic mass is 10.1. The third-order valence-corrected chi connectivity index (χ3v) is 3.40. The molecule has 1 aliphatic rings. The molecular formula is C13H12F3N5O. The highest BCUT2D eigenvalue weighted by atomic mass is 19.4. The van der Waals surface area contributed by atoms with Crippen molar-refractivity contribution in [2.45, 2.75) is 26.1 Å². The van der Waals surface area contributed by atoms with Gasteiger partial charge in [0.15, 0.2) is 0 Å². The van der Waals surface area contributed by atoms with Gasteiger partial charge in [0.05, 0.1) is 17.8 Å². The standard InChI is InChI=1S/C13H12F3N5O/c1-7-18-9-3-5-21(6-8(9)11(22)19-7)12-17-4-2-10(20-12)13(14,15)16/h2,4H,3,5-6H2,1H3,(H,18,19,22). The van der Waals surface area contributed by atoms with Crippen LogP contribution < -0.4 is 10.5 Å². The predicted octanol–water partition coefficient (Wildman–Crippen LogP) is 1.45. The van der Waals surface area contributed by atoms with Crippen LogP contribution in [0.25, 0.3) is 0 Å². The first-order valence-corrected chi connectivity index (χ1v) is 6.58. The Morgan fingerprint density at radius 3 is 2.82 bits per heavy atom. The first kappa shape index (κ1) is 14.5. The summed E-state index contributed by atoms with van der Waals surface area (Å²) in [7, 11) is 0. The number of H-pyrrole nitrogens is 1. The Kier molecular flexibility index (Phi) is 3.34. The maximum absolute atomic E-state index is 12.7. The molecule has 6 nitrogen and oxygen atoms in total. The van der Waals surface area contributed by atoms with Crippen LogP contribution in [0.3, 0.4) is 0 Å². The summed E-state index contributed by atoms with van der Waals surface area (Å²) in [4.78, 5) is 27.8. The Balaban J connectivity index is 1.94. The Labute approximate surface area is 123 Å². The van der Waals surface area contributed by atoms with Crippen LogP contribution in [0.2, 0.25) is 0 Å². The van der Waals surface area contributed by atoms with Gasteiger partial charge in [-0.05, 0) is 13.0 Å². The Morgan fingerprint density at radius 1 is 1.32 bits per heavy atom. The van der Waals surface area contributed by atoms with Crippen LogP contribution in [0.5, 0.6) is 0 Å². The topological polar surface area (TPSA) is 74.8 Å². The van der Waals surface area contributed by atoms with E-state index in [4.69, 9.17) is 0 Å². The number of hydrogen-bond acceptors (Lipinski definition) is 5. The summed E-state index contributed by atoms with van der Waals surface area (Å²) in [6.45, 7) is 2.23. The first-order valence-electron chi connectivity index (χ1n) is 6.58. The molecule has 0 fully saturated rings. The van der Waals surface area contributed by atoms with E-state index in [0.717, 1.165) is 12.3 Å². The highest BCUT2D eigenvalue weighted by Gasteiger charge is 2.33. The molecule has 9 heteroatoms. The molecule has 0 saturated carbocycles. The number of hydrogen-bond donors (Lipinski definition) is 1. The monoisotopic (exact) mass is 311 g/mol. The van der Waals surface area contributed by atoms with Gasteiger partial charge in [-0.15, -0.1) is 0 Å². The molecule has 0 unspecified atom stereocenters. The van der Waals surface area contributed by atoms with E-state index in [0.29, 0.717) is 30.0 Å². The van der Waals surface area contributed by atoms with E-state index in [2.05, 4.69) is 19.9 Å². The smallest absolute Gasteiger partial charge is 0.336 e. The Morgan fingerprint density at radius 2 is 2.09 bits per heavy atom. The van der Waals surface area contributed by atoms with Crippen LogP contribution >= 0.6 is 0 Å². The van der Waals surface area contributed by atoms with Gasteiger partial charge in [0, 0.05) is 19.2 Å². The van der Waals surface area contributed by atoms with Gasteiger partial charge >= 0.3 is 6.18 Å². The molecule has 0 spiro atoms. The van der Waals surface area contributed by atoms with Gasteiger partial charge in [-0.3, -0.25) is 4.79 Å². The lowest BCUT2D eigenvalue weighted by Gasteiger charge is -2.27. The molecule has 1 aliphatic heterocycles. The zero-order chi connectivity index (χ0) is 15.9. The molecule has 1 N–H and O–H groups in total. The SMILES string of the molecule is Cc1nc2c(c(=O)[nH]1)CN(c1nccc(C(F)(F)F)n1)CC2. The van der Waals surface area contributed by atoms with Crippen molar-refractivity contribution in [3.63, 3.8) is 0 Å². The molecule has 116 valence electrons. The average Bonchev–Trinajstić information content (AvgIpc) is 2.46. The summed E-state index contributed by atoms with van der Waals surface area (Å²) >= 11 is 0. The highest BCUT2D eigenvalue weighted by molar-refractivity contribution is 5.37. The number of nitrogens with zero attached hydrogens (tertiary/aromatic N) is 4. The molecule has 0 saturated heterocycles. The second-order valence-electron chi connectivity index (χ2n) is 4.99. The summed E-state index contributed by atoms with van der Waals surface area (Å²) in [5.41, 5.74) is -0.166. The van der Waals surface area contributed by atoms with Crippen molar-refractivity contribution in [2.75, 3.05) is 11.4 Å². The molecule has 3 rings (SSSR count). The number of alkyl halides is 3. The quantitative estimate of drug-likeness (QED) is 0.863. The van der Waals surface area contributed by atoms with E-state index in [1.807, 2.05) is 0 Å². The third-order valence-electron chi connectivity index (χ3n) is 3.40. The maximum atomic E-state index is 12.7. The number of halogens is 3. The molecule has 0 radical (unpaired) electrons. The van der Waals surface area contributed by atoms with Crippen LogP contribution in [0, 0.1) is 6.92 Å². The molecule has 0 aromatic carbocycles. The third kappa shape index (κ3) is 2.66. The van der Waals surface area contributed by atoms with Gasteiger partial charge in [0.2, 0.25) is 5.95 Å². The number of rotatable bonds is 1. The fourth-order valence-corrected chi connectivity index (χ4v) is 2.38. The zero-order valence-electron chi connectivity index (χ0n) is 11.6. The summed E-state index contributed by atoms with van der Waals surface area (Å²) in [6.07, 6.45) is -3.00. The van der Waals surface area contributed by atoms with E-state index in [-0.39, 0.29) is 18.1 Å². The summed E-state index contributed by atoms with van der Waals surface area (Å²) in [5, 5.41) is 0. The van der Waals surface area contributed by atoms with Crippen molar-refractivity contribution in [1.82, 2.24) is 19.9 Å². The van der Waals surface area contributed by atoms with Crippen LogP contribution in [0.4, 0.5) is 19.1 Å². The number of anilines is 1. The summed E-state index contributed by atoms with van der Waals surface area (Å²) in [5.74, 6) is 0.480. The van der Waals surface area contributed by atoms with Gasteiger partial charge < -0.3 is 9.88 Å². The Hall–Kier alpha value is -2.45. The molecule has 3 heterocycles. The number of nitrogens with one attached hydrogen (secondary N) is 1. The number of aromatic amines is 1. The van der Waals surface area contributed by atoms with Crippen LogP contribution in [-0.4, -0.2) is 26.5 Å². The van der Waals surface area contributed by atoms with Gasteiger partial charge in [0.1, 0.15) is 11.5 Å². The minimum Gasteiger partial charge on any atom is -0.336 e. The van der Waals surface area contributed by atoms with Crippen molar-refractivity contribution in [2.24, 2.45) is 0 Å². The zero-order valence-corrected chi connectivity index (χ0v) is 11.6. The van der Waals surface area contributed by atoms with Crippen LogP contribution in [0.1, 0.15) is 22.8 Å². The Bertz CT molecular complexity index is 771. The molecule has 0 aliphatic carbocycles. The van der Waals surface area contributed by atoms with Crippen LogP contribution in [0.15, 0.2) is 17.1 Å². The molecule has 2 aromatic rings. The molecule has 2 aromatic heterocycles. The van der Waals surface area contributed by atoms with Crippen molar-refractivity contribution < 1.29 is 13.2 Å². The maximum Gasteiger partial charge on any atom is 0.433 e. The predicted molar refractivity (Wildman–Crippen MR) is 71.4 cm³/mol.